The molecule has 2 amide bonds. The molecule has 0 atom stereocenters. The van der Waals surface area contributed by atoms with Crippen molar-refractivity contribution >= 4 is 51.3 Å². The number of carbonyl (C=O) groups is 2. The lowest BCUT2D eigenvalue weighted by atomic mass is 10.2. The van der Waals surface area contributed by atoms with Crippen LogP contribution in [0.4, 0.5) is 5.69 Å². The summed E-state index contributed by atoms with van der Waals surface area (Å²) in [5.74, 6) is 0.303. The molecule has 0 spiro atoms. The number of fused-ring (bicyclic) bond motifs is 3. The van der Waals surface area contributed by atoms with Gasteiger partial charge in [-0.1, -0.05) is 36.0 Å². The molecule has 1 N–H and O–H groups in total. The Balaban J connectivity index is 1.19. The minimum absolute atomic E-state index is 0.0910. The highest BCUT2D eigenvalue weighted by molar-refractivity contribution is 8.00. The molecule has 4 aromatic rings. The van der Waals surface area contributed by atoms with Gasteiger partial charge in [0.2, 0.25) is 11.8 Å². The van der Waals surface area contributed by atoms with E-state index in [1.54, 1.807) is 4.90 Å². The summed E-state index contributed by atoms with van der Waals surface area (Å²) in [4.78, 5) is 34.6. The monoisotopic (exact) mass is 432 g/mol. The molecule has 0 aliphatic carbocycles. The average molecular weight is 433 g/mol. The first-order valence-corrected chi connectivity index (χ1v) is 11.1. The third-order valence-corrected chi connectivity index (χ3v) is 6.25. The summed E-state index contributed by atoms with van der Waals surface area (Å²) >= 11 is 1.33. The number of aromatic nitrogens is 2. The standard InChI is InChI=1S/C23H20N4O3S/c28-19(24-12-15-7-9-16(10-8-15)27-11-3-6-20(27)29)13-31-23-22-21(25-14-26-23)17-4-1-2-5-18(17)30-22/h1-2,4-5,7-10,14H,3,6,11-13H2,(H,24,28). The van der Waals surface area contributed by atoms with Gasteiger partial charge in [0.25, 0.3) is 0 Å². The number of nitrogens with one attached hydrogen (secondary N) is 1. The molecule has 8 heteroatoms. The summed E-state index contributed by atoms with van der Waals surface area (Å²) in [5, 5.41) is 4.51. The maximum atomic E-state index is 12.4. The zero-order chi connectivity index (χ0) is 21.2. The number of carbonyl (C=O) groups excluding carboxylic acids is 2. The fourth-order valence-corrected chi connectivity index (χ4v) is 4.47. The summed E-state index contributed by atoms with van der Waals surface area (Å²) < 4.78 is 5.90. The third-order valence-electron chi connectivity index (χ3n) is 5.28. The number of amides is 2. The molecular weight excluding hydrogens is 412 g/mol. The number of benzene rings is 2. The van der Waals surface area contributed by atoms with Crippen molar-refractivity contribution in [1.29, 1.82) is 0 Å². The largest absolute Gasteiger partial charge is 0.451 e. The lowest BCUT2D eigenvalue weighted by Crippen LogP contribution is -2.25. The molecular formula is C23H20N4O3S. The first-order valence-electron chi connectivity index (χ1n) is 10.1. The predicted octanol–water partition coefficient (Wildman–Crippen LogP) is 3.91. The van der Waals surface area contributed by atoms with Crippen molar-refractivity contribution < 1.29 is 14.0 Å². The van der Waals surface area contributed by atoms with Gasteiger partial charge in [0.05, 0.1) is 5.75 Å². The van der Waals surface area contributed by atoms with Gasteiger partial charge in [-0.2, -0.15) is 0 Å². The van der Waals surface area contributed by atoms with E-state index in [1.165, 1.54) is 18.1 Å². The molecule has 31 heavy (non-hydrogen) atoms. The third kappa shape index (κ3) is 3.98. The van der Waals surface area contributed by atoms with E-state index in [1.807, 2.05) is 48.5 Å². The van der Waals surface area contributed by atoms with Crippen LogP contribution in [-0.4, -0.2) is 34.1 Å². The number of thioether (sulfide) groups is 1. The van der Waals surface area contributed by atoms with Crippen LogP contribution in [0, 0.1) is 0 Å². The average Bonchev–Trinajstić information content (AvgIpc) is 3.40. The van der Waals surface area contributed by atoms with Gasteiger partial charge in [0, 0.05) is 30.6 Å². The molecule has 1 aliphatic rings. The van der Waals surface area contributed by atoms with E-state index in [9.17, 15) is 9.59 Å². The van der Waals surface area contributed by atoms with Crippen LogP contribution in [0.15, 0.2) is 64.3 Å². The molecule has 0 radical (unpaired) electrons. The predicted molar refractivity (Wildman–Crippen MR) is 120 cm³/mol. The van der Waals surface area contributed by atoms with Crippen molar-refractivity contribution in [3.63, 3.8) is 0 Å². The summed E-state index contributed by atoms with van der Waals surface area (Å²) in [7, 11) is 0. The van der Waals surface area contributed by atoms with E-state index in [-0.39, 0.29) is 17.6 Å². The van der Waals surface area contributed by atoms with Crippen LogP contribution in [-0.2, 0) is 16.1 Å². The summed E-state index contributed by atoms with van der Waals surface area (Å²) in [6.45, 7) is 1.20. The van der Waals surface area contributed by atoms with Crippen LogP contribution in [0.3, 0.4) is 0 Å². The summed E-state index contributed by atoms with van der Waals surface area (Å²) in [6.07, 6.45) is 3.01. The van der Waals surface area contributed by atoms with Crippen LogP contribution in [0.2, 0.25) is 0 Å². The van der Waals surface area contributed by atoms with Crippen LogP contribution < -0.4 is 10.2 Å². The second kappa shape index (κ2) is 8.39. The molecule has 1 saturated heterocycles. The number of furan rings is 1. The van der Waals surface area contributed by atoms with Gasteiger partial charge in [0.15, 0.2) is 5.58 Å². The Bertz CT molecular complexity index is 1270. The fourth-order valence-electron chi connectivity index (χ4n) is 3.71. The molecule has 3 heterocycles. The lowest BCUT2D eigenvalue weighted by Gasteiger charge is -2.16. The van der Waals surface area contributed by atoms with E-state index >= 15 is 0 Å². The van der Waals surface area contributed by atoms with Crippen molar-refractivity contribution in [2.45, 2.75) is 24.4 Å². The molecule has 0 bridgehead atoms. The number of anilines is 1. The maximum absolute atomic E-state index is 12.4. The van der Waals surface area contributed by atoms with Crippen LogP contribution in [0.5, 0.6) is 0 Å². The van der Waals surface area contributed by atoms with Gasteiger partial charge in [-0.15, -0.1) is 0 Å². The van der Waals surface area contributed by atoms with Crippen LogP contribution >= 0.6 is 11.8 Å². The first-order chi connectivity index (χ1) is 15.2. The number of para-hydroxylation sites is 1. The fraction of sp³-hybridized carbons (Fsp3) is 0.217. The van der Waals surface area contributed by atoms with E-state index in [4.69, 9.17) is 4.42 Å². The van der Waals surface area contributed by atoms with Crippen molar-refractivity contribution in [1.82, 2.24) is 15.3 Å². The molecule has 1 aliphatic heterocycles. The number of hydrogen-bond acceptors (Lipinski definition) is 6. The Morgan fingerprint density at radius 3 is 2.77 bits per heavy atom. The number of hydrogen-bond donors (Lipinski definition) is 1. The van der Waals surface area contributed by atoms with E-state index in [0.29, 0.717) is 23.6 Å². The zero-order valence-electron chi connectivity index (χ0n) is 16.7. The minimum Gasteiger partial charge on any atom is -0.451 e. The quantitative estimate of drug-likeness (QED) is 0.367. The minimum atomic E-state index is -0.0910. The molecule has 0 saturated carbocycles. The van der Waals surface area contributed by atoms with Gasteiger partial charge in [0.1, 0.15) is 22.5 Å². The van der Waals surface area contributed by atoms with E-state index in [2.05, 4.69) is 15.3 Å². The van der Waals surface area contributed by atoms with Gasteiger partial charge < -0.3 is 14.6 Å². The van der Waals surface area contributed by atoms with E-state index < -0.39 is 0 Å². The van der Waals surface area contributed by atoms with Gasteiger partial charge in [-0.25, -0.2) is 9.97 Å². The highest BCUT2D eigenvalue weighted by atomic mass is 32.2. The van der Waals surface area contributed by atoms with Crippen molar-refractivity contribution in [2.75, 3.05) is 17.2 Å². The smallest absolute Gasteiger partial charge is 0.230 e. The Labute approximate surface area is 182 Å². The lowest BCUT2D eigenvalue weighted by molar-refractivity contribution is -0.119. The SMILES string of the molecule is O=C(CSc1ncnc2c1oc1ccccc12)NCc1ccc(N2CCCC2=O)cc1. The second-order valence-electron chi connectivity index (χ2n) is 7.34. The Kier molecular flexibility index (Phi) is 5.30. The van der Waals surface area contributed by atoms with E-state index in [0.717, 1.165) is 40.7 Å². The van der Waals surface area contributed by atoms with Crippen LogP contribution in [0.25, 0.3) is 22.1 Å². The molecule has 2 aromatic heterocycles. The number of rotatable bonds is 6. The van der Waals surface area contributed by atoms with Gasteiger partial charge in [-0.05, 0) is 36.2 Å². The van der Waals surface area contributed by atoms with Crippen molar-refractivity contribution in [3.05, 3.63) is 60.4 Å². The van der Waals surface area contributed by atoms with Gasteiger partial charge in [-0.3, -0.25) is 9.59 Å². The van der Waals surface area contributed by atoms with Crippen LogP contribution in [0.1, 0.15) is 18.4 Å². The molecule has 1 fully saturated rings. The molecule has 7 nitrogen and oxygen atoms in total. The highest BCUT2D eigenvalue weighted by Gasteiger charge is 2.21. The Morgan fingerprint density at radius 1 is 1.13 bits per heavy atom. The maximum Gasteiger partial charge on any atom is 0.230 e. The normalized spacial score (nSPS) is 13.9. The Morgan fingerprint density at radius 2 is 1.97 bits per heavy atom. The van der Waals surface area contributed by atoms with Crippen molar-refractivity contribution in [2.24, 2.45) is 0 Å². The summed E-state index contributed by atoms with van der Waals surface area (Å²) in [5.41, 5.74) is 4.00. The zero-order valence-corrected chi connectivity index (χ0v) is 17.5. The first kappa shape index (κ1) is 19.6. The highest BCUT2D eigenvalue weighted by Crippen LogP contribution is 2.32. The Hall–Kier alpha value is -3.39. The molecule has 0 unspecified atom stereocenters. The number of nitrogens with zero attached hydrogens (tertiary/aromatic N) is 3. The topological polar surface area (TPSA) is 88.3 Å². The van der Waals surface area contributed by atoms with Crippen molar-refractivity contribution in [3.8, 4) is 0 Å². The molecule has 156 valence electrons. The molecule has 5 rings (SSSR count). The second-order valence-corrected chi connectivity index (χ2v) is 8.30. The molecule has 2 aromatic carbocycles. The summed E-state index contributed by atoms with van der Waals surface area (Å²) in [6, 6.07) is 15.4. The van der Waals surface area contributed by atoms with Gasteiger partial charge >= 0.3 is 0 Å².